The zero-order valence-corrected chi connectivity index (χ0v) is 18.7. The number of alkyl halides is 3. The molecule has 0 spiro atoms. The average Bonchev–Trinajstić information content (AvgIpc) is 2.68. The first-order chi connectivity index (χ1) is 14.6. The van der Waals surface area contributed by atoms with Gasteiger partial charge in [0.1, 0.15) is 16.8 Å². The lowest BCUT2D eigenvalue weighted by Gasteiger charge is -2.12. The maximum absolute atomic E-state index is 12.7. The fourth-order valence-electron chi connectivity index (χ4n) is 2.26. The molecule has 0 atom stereocenters. The van der Waals surface area contributed by atoms with E-state index in [4.69, 9.17) is 60.6 Å². The lowest BCUT2D eigenvalue weighted by molar-refractivity contribution is -0.137. The molecule has 4 nitrogen and oxygen atoms in total. The Morgan fingerprint density at radius 3 is 2.29 bits per heavy atom. The summed E-state index contributed by atoms with van der Waals surface area (Å²) in [4.78, 5) is 11.9. The van der Waals surface area contributed by atoms with Crippen molar-refractivity contribution < 1.29 is 32.2 Å². The van der Waals surface area contributed by atoms with Gasteiger partial charge in [0, 0.05) is 18.6 Å². The van der Waals surface area contributed by atoms with Gasteiger partial charge in [-0.3, -0.25) is 0 Å². The zero-order chi connectivity index (χ0) is 23.0. The van der Waals surface area contributed by atoms with Crippen molar-refractivity contribution in [1.29, 1.82) is 0 Å². The molecular weight excluding hydrogens is 503 g/mol. The van der Waals surface area contributed by atoms with Crippen molar-refractivity contribution in [2.75, 3.05) is 19.8 Å². The second kappa shape index (κ2) is 11.7. The van der Waals surface area contributed by atoms with Gasteiger partial charge in [-0.05, 0) is 24.3 Å². The van der Waals surface area contributed by atoms with Crippen molar-refractivity contribution >= 4 is 52.4 Å². The summed E-state index contributed by atoms with van der Waals surface area (Å²) in [6.45, 7) is 0.142. The highest BCUT2D eigenvalue weighted by Gasteiger charge is 2.31. The lowest BCUT2D eigenvalue weighted by atomic mass is 10.1. The summed E-state index contributed by atoms with van der Waals surface area (Å²) in [6, 6.07) is 6.98. The first kappa shape index (κ1) is 25.5. The van der Waals surface area contributed by atoms with E-state index in [2.05, 4.69) is 0 Å². The number of rotatable bonds is 9. The molecule has 0 aliphatic heterocycles. The largest absolute Gasteiger partial charge is 0.490 e. The van der Waals surface area contributed by atoms with Gasteiger partial charge in [-0.15, -0.1) is 0 Å². The normalized spacial score (nSPS) is 11.1. The Labute approximate surface area is 196 Å². The van der Waals surface area contributed by atoms with E-state index in [0.717, 1.165) is 18.2 Å². The average molecular weight is 518 g/mol. The molecule has 168 valence electrons. The number of carbonyl (C=O) groups excluding carboxylic acids is 1. The second-order valence-corrected chi connectivity index (χ2v) is 7.76. The highest BCUT2D eigenvalue weighted by molar-refractivity contribution is 6.55. The predicted molar refractivity (Wildman–Crippen MR) is 114 cm³/mol. The fraction of sp³-hybridized carbons (Fsp3) is 0.250. The summed E-state index contributed by atoms with van der Waals surface area (Å²) in [6.07, 6.45) is -2.85. The second-order valence-electron chi connectivity index (χ2n) is 5.94. The van der Waals surface area contributed by atoms with Crippen molar-refractivity contribution in [3.8, 4) is 11.5 Å². The van der Waals surface area contributed by atoms with E-state index >= 15 is 0 Å². The van der Waals surface area contributed by atoms with Crippen LogP contribution in [0, 0.1) is 0 Å². The Kier molecular flexibility index (Phi) is 9.62. The van der Waals surface area contributed by atoms with Crippen LogP contribution in [0.4, 0.5) is 13.2 Å². The molecule has 2 aromatic carbocycles. The van der Waals surface area contributed by atoms with Crippen LogP contribution < -0.4 is 9.47 Å². The summed E-state index contributed by atoms with van der Waals surface area (Å²) >= 11 is 23.3. The van der Waals surface area contributed by atoms with Crippen LogP contribution in [0.25, 0.3) is 0 Å². The van der Waals surface area contributed by atoms with Crippen LogP contribution >= 0.6 is 46.4 Å². The molecule has 0 saturated carbocycles. The summed E-state index contributed by atoms with van der Waals surface area (Å²) < 4.78 is 54.1. The lowest BCUT2D eigenvalue weighted by Crippen LogP contribution is -2.11. The zero-order valence-electron chi connectivity index (χ0n) is 15.6. The number of halogens is 7. The van der Waals surface area contributed by atoms with Gasteiger partial charge >= 0.3 is 12.1 Å². The van der Waals surface area contributed by atoms with Crippen LogP contribution in [0.3, 0.4) is 0 Å². The molecule has 11 heteroatoms. The van der Waals surface area contributed by atoms with E-state index < -0.39 is 17.7 Å². The number of benzene rings is 2. The first-order valence-electron chi connectivity index (χ1n) is 8.68. The van der Waals surface area contributed by atoms with Crippen LogP contribution in [0.15, 0.2) is 47.0 Å². The minimum absolute atomic E-state index is 0.0610. The molecule has 0 radical (unpaired) electrons. The van der Waals surface area contributed by atoms with Gasteiger partial charge < -0.3 is 14.2 Å². The summed E-state index contributed by atoms with van der Waals surface area (Å²) in [5, 5.41) is 0.397. The summed E-state index contributed by atoms with van der Waals surface area (Å²) in [7, 11) is 0. The van der Waals surface area contributed by atoms with Gasteiger partial charge in [-0.2, -0.15) is 13.2 Å². The van der Waals surface area contributed by atoms with Crippen LogP contribution in [0.5, 0.6) is 11.5 Å². The van der Waals surface area contributed by atoms with E-state index in [0.29, 0.717) is 5.75 Å². The molecule has 0 fully saturated rings. The highest BCUT2D eigenvalue weighted by Crippen LogP contribution is 2.37. The van der Waals surface area contributed by atoms with Crippen LogP contribution in [0.1, 0.15) is 22.3 Å². The topological polar surface area (TPSA) is 44.8 Å². The molecular formula is C20H15Cl4F3O4. The van der Waals surface area contributed by atoms with Gasteiger partial charge in [0.05, 0.1) is 34.4 Å². The number of esters is 1. The highest BCUT2D eigenvalue weighted by atomic mass is 35.5. The molecule has 2 rings (SSSR count). The molecule has 0 heterocycles. The third kappa shape index (κ3) is 8.33. The number of hydrogen-bond acceptors (Lipinski definition) is 4. The van der Waals surface area contributed by atoms with Crippen molar-refractivity contribution in [2.45, 2.75) is 12.6 Å². The summed E-state index contributed by atoms with van der Waals surface area (Å²) in [5.41, 5.74) is -1.12. The molecule has 0 unspecified atom stereocenters. The SMILES string of the molecule is O=C(OCCCOc1c(Cl)cc(OCC=C(Cl)Cl)cc1Cl)c1cccc(C(F)(F)F)c1. The van der Waals surface area contributed by atoms with Gasteiger partial charge in [-0.1, -0.05) is 52.5 Å². The summed E-state index contributed by atoms with van der Waals surface area (Å²) in [5.74, 6) is -0.274. The number of ether oxygens (including phenoxy) is 3. The third-order valence-electron chi connectivity index (χ3n) is 3.65. The van der Waals surface area contributed by atoms with Crippen molar-refractivity contribution in [2.24, 2.45) is 0 Å². The number of carbonyl (C=O) groups is 1. The Hall–Kier alpha value is -1.80. The smallest absolute Gasteiger partial charge is 0.416 e. The molecule has 0 aromatic heterocycles. The Balaban J connectivity index is 1.82. The fourth-order valence-corrected chi connectivity index (χ4v) is 2.96. The van der Waals surface area contributed by atoms with Crippen molar-refractivity contribution in [3.63, 3.8) is 0 Å². The van der Waals surface area contributed by atoms with Crippen molar-refractivity contribution in [3.05, 3.63) is 68.1 Å². The third-order valence-corrected chi connectivity index (χ3v) is 4.52. The molecule has 0 bridgehead atoms. The maximum atomic E-state index is 12.7. The van der Waals surface area contributed by atoms with Crippen LogP contribution in [0.2, 0.25) is 10.0 Å². The van der Waals surface area contributed by atoms with E-state index in [1.54, 1.807) is 0 Å². The molecule has 0 amide bonds. The van der Waals surface area contributed by atoms with Gasteiger partial charge in [0.2, 0.25) is 0 Å². The maximum Gasteiger partial charge on any atom is 0.416 e. The van der Waals surface area contributed by atoms with Crippen LogP contribution in [-0.2, 0) is 10.9 Å². The Morgan fingerprint density at radius 2 is 1.68 bits per heavy atom. The first-order valence-corrected chi connectivity index (χ1v) is 10.2. The minimum atomic E-state index is -4.54. The monoisotopic (exact) mass is 516 g/mol. The van der Waals surface area contributed by atoms with Gasteiger partial charge in [0.15, 0.2) is 5.75 Å². The molecule has 0 aliphatic rings. The minimum Gasteiger partial charge on any atom is -0.490 e. The quantitative estimate of drug-likeness (QED) is 0.258. The van der Waals surface area contributed by atoms with E-state index in [9.17, 15) is 18.0 Å². The number of hydrogen-bond donors (Lipinski definition) is 0. The van der Waals surface area contributed by atoms with E-state index in [1.165, 1.54) is 24.3 Å². The standard InChI is InChI=1S/C20H15Cl4F3O4/c21-15-10-14(29-8-5-17(23)24)11-16(22)18(15)30-6-2-7-31-19(28)12-3-1-4-13(9-12)20(25,26)27/h1,3-5,9-11H,2,6-8H2. The molecule has 0 N–H and O–H groups in total. The van der Waals surface area contributed by atoms with Crippen molar-refractivity contribution in [1.82, 2.24) is 0 Å². The molecule has 31 heavy (non-hydrogen) atoms. The molecule has 0 saturated heterocycles. The van der Waals surface area contributed by atoms with E-state index in [-0.39, 0.29) is 52.1 Å². The predicted octanol–water partition coefficient (Wildman–Crippen LogP) is 7.34. The Morgan fingerprint density at radius 1 is 1.00 bits per heavy atom. The molecule has 0 aliphatic carbocycles. The Bertz CT molecular complexity index is 921. The van der Waals surface area contributed by atoms with Crippen LogP contribution in [-0.4, -0.2) is 25.8 Å². The van der Waals surface area contributed by atoms with Gasteiger partial charge in [-0.25, -0.2) is 4.79 Å². The molecule has 2 aromatic rings. The van der Waals surface area contributed by atoms with E-state index in [1.807, 2.05) is 0 Å². The van der Waals surface area contributed by atoms with Gasteiger partial charge in [0.25, 0.3) is 0 Å².